The first-order valence-corrected chi connectivity index (χ1v) is 16.4. The molecule has 3 aromatic rings. The summed E-state index contributed by atoms with van der Waals surface area (Å²) in [4.78, 5) is 45.2. The van der Waals surface area contributed by atoms with E-state index in [2.05, 4.69) is 20.9 Å². The zero-order chi connectivity index (χ0) is 30.3. The van der Waals surface area contributed by atoms with Gasteiger partial charge in [-0.1, -0.05) is 81.5 Å². The normalized spacial score (nSPS) is 23.4. The number of carbonyl (C=O) groups is 3. The molecule has 2 aliphatic rings. The van der Waals surface area contributed by atoms with Gasteiger partial charge >= 0.3 is 0 Å². The van der Waals surface area contributed by atoms with E-state index in [-0.39, 0.29) is 35.5 Å². The van der Waals surface area contributed by atoms with Gasteiger partial charge in [-0.15, -0.1) is 0 Å². The molecule has 7 nitrogen and oxygen atoms in total. The molecule has 3 amide bonds. The summed E-state index contributed by atoms with van der Waals surface area (Å²) in [6.45, 7) is 4.43. The molecule has 1 aliphatic heterocycles. The van der Waals surface area contributed by atoms with E-state index in [9.17, 15) is 14.4 Å². The Labute approximate surface area is 259 Å². The lowest BCUT2D eigenvalue weighted by Crippen LogP contribution is -2.57. The molecule has 8 heteroatoms. The van der Waals surface area contributed by atoms with Crippen molar-refractivity contribution in [1.29, 1.82) is 0 Å². The number of aromatic amines is 1. The molecule has 1 fully saturated rings. The van der Waals surface area contributed by atoms with Crippen molar-refractivity contribution in [2.24, 2.45) is 11.8 Å². The minimum Gasteiger partial charge on any atom is -0.358 e. The third kappa shape index (κ3) is 7.80. The molecule has 0 saturated heterocycles. The van der Waals surface area contributed by atoms with E-state index in [4.69, 9.17) is 11.6 Å². The van der Waals surface area contributed by atoms with Gasteiger partial charge in [-0.05, 0) is 79.7 Å². The van der Waals surface area contributed by atoms with Gasteiger partial charge in [-0.2, -0.15) is 0 Å². The number of aromatic nitrogens is 1. The molecule has 0 unspecified atom stereocenters. The van der Waals surface area contributed by atoms with E-state index in [0.717, 1.165) is 79.1 Å². The third-order valence-corrected chi connectivity index (χ3v) is 9.36. The molecular formula is C35H45ClN4O3. The molecule has 1 saturated carbocycles. The van der Waals surface area contributed by atoms with Crippen LogP contribution in [0.2, 0.25) is 5.02 Å². The Morgan fingerprint density at radius 2 is 1.58 bits per heavy atom. The van der Waals surface area contributed by atoms with Crippen molar-refractivity contribution in [3.05, 3.63) is 70.4 Å². The van der Waals surface area contributed by atoms with Crippen LogP contribution >= 0.6 is 11.6 Å². The molecule has 3 atom stereocenters. The molecule has 0 radical (unpaired) electrons. The largest absolute Gasteiger partial charge is 0.358 e. The Hall–Kier alpha value is -3.32. The molecule has 0 bridgehead atoms. The second-order valence-corrected chi connectivity index (χ2v) is 13.2. The van der Waals surface area contributed by atoms with E-state index in [1.54, 1.807) is 0 Å². The zero-order valence-electron chi connectivity index (χ0n) is 25.4. The van der Waals surface area contributed by atoms with Gasteiger partial charge in [0.15, 0.2) is 0 Å². The van der Waals surface area contributed by atoms with Crippen molar-refractivity contribution in [3.8, 4) is 0 Å². The van der Waals surface area contributed by atoms with Crippen LogP contribution in [0.1, 0.15) is 94.4 Å². The van der Waals surface area contributed by atoms with Gasteiger partial charge in [0, 0.05) is 28.2 Å². The quantitative estimate of drug-likeness (QED) is 0.272. The summed E-state index contributed by atoms with van der Waals surface area (Å²) in [7, 11) is 0. The van der Waals surface area contributed by atoms with Crippen LogP contribution in [0, 0.1) is 11.8 Å². The fourth-order valence-electron chi connectivity index (χ4n) is 6.86. The highest BCUT2D eigenvalue weighted by atomic mass is 35.5. The predicted octanol–water partition coefficient (Wildman–Crippen LogP) is 6.54. The second-order valence-electron chi connectivity index (χ2n) is 12.8. The van der Waals surface area contributed by atoms with Gasteiger partial charge in [0.2, 0.25) is 17.7 Å². The summed E-state index contributed by atoms with van der Waals surface area (Å²) in [6.07, 6.45) is 8.70. The van der Waals surface area contributed by atoms with Crippen LogP contribution in [0.25, 0.3) is 10.9 Å². The van der Waals surface area contributed by atoms with Gasteiger partial charge in [0.25, 0.3) is 0 Å². The Kier molecular flexibility index (Phi) is 10.4. The van der Waals surface area contributed by atoms with Gasteiger partial charge in [-0.25, -0.2) is 0 Å². The summed E-state index contributed by atoms with van der Waals surface area (Å²) in [5, 5.41) is 11.0. The van der Waals surface area contributed by atoms with Crippen LogP contribution in [0.4, 0.5) is 0 Å². The highest BCUT2D eigenvalue weighted by Gasteiger charge is 2.35. The summed E-state index contributed by atoms with van der Waals surface area (Å²) >= 11 is 6.37. The number of carbonyl (C=O) groups excluding carboxylic acids is 3. The number of hydrogen-bond donors (Lipinski definition) is 4. The molecule has 1 aliphatic carbocycles. The standard InChI is InChI=1S/C35H45ClN4O3/c1-22(2)19-31-34(42)37-21-28-27-20-25(36)17-18-30(27)38-29(28)16-10-9-15-26(23-11-5-3-6-12-23)33(41)40-32(35(43)39-31)24-13-7-4-8-14-24/h3,5-6,11-12,17-18,20,22,24,26,31-32,38H,4,7-10,13-16,19,21H2,1-2H3,(H,37,42)(H,39,43)(H,40,41)/t26-,31-,32+/m0/s1. The number of rotatable bonds is 4. The van der Waals surface area contributed by atoms with Gasteiger partial charge in [-0.3, -0.25) is 14.4 Å². The minimum atomic E-state index is -0.703. The highest BCUT2D eigenvalue weighted by molar-refractivity contribution is 6.31. The number of aryl methyl sites for hydroxylation is 1. The van der Waals surface area contributed by atoms with Crippen molar-refractivity contribution in [3.63, 3.8) is 0 Å². The van der Waals surface area contributed by atoms with Crippen LogP contribution in [0.3, 0.4) is 0 Å². The smallest absolute Gasteiger partial charge is 0.243 e. The number of halogens is 1. The van der Waals surface area contributed by atoms with Gasteiger partial charge < -0.3 is 20.9 Å². The van der Waals surface area contributed by atoms with Crippen LogP contribution in [0.5, 0.6) is 0 Å². The molecule has 1 aromatic heterocycles. The number of amides is 3. The first-order chi connectivity index (χ1) is 20.8. The van der Waals surface area contributed by atoms with E-state index in [1.165, 1.54) is 0 Å². The topological polar surface area (TPSA) is 103 Å². The van der Waals surface area contributed by atoms with Gasteiger partial charge in [0.1, 0.15) is 12.1 Å². The maximum Gasteiger partial charge on any atom is 0.243 e. The summed E-state index contributed by atoms with van der Waals surface area (Å²) in [6, 6.07) is 14.3. The number of nitrogens with one attached hydrogen (secondary N) is 4. The maximum atomic E-state index is 14.0. The van der Waals surface area contributed by atoms with E-state index in [1.807, 2.05) is 62.4 Å². The molecular weight excluding hydrogens is 560 g/mol. The fraction of sp³-hybridized carbons (Fsp3) is 0.514. The third-order valence-electron chi connectivity index (χ3n) is 9.13. The van der Waals surface area contributed by atoms with Crippen LogP contribution in [-0.2, 0) is 27.3 Å². The predicted molar refractivity (Wildman–Crippen MR) is 172 cm³/mol. The molecule has 2 aromatic carbocycles. The summed E-state index contributed by atoms with van der Waals surface area (Å²) in [5.41, 5.74) is 4.02. The molecule has 0 spiro atoms. The average molecular weight is 605 g/mol. The first-order valence-electron chi connectivity index (χ1n) is 16.0. The molecule has 230 valence electrons. The van der Waals surface area contributed by atoms with E-state index < -0.39 is 12.1 Å². The van der Waals surface area contributed by atoms with Crippen LogP contribution < -0.4 is 16.0 Å². The van der Waals surface area contributed by atoms with Crippen LogP contribution in [0.15, 0.2) is 48.5 Å². The zero-order valence-corrected chi connectivity index (χ0v) is 26.1. The molecule has 2 heterocycles. The molecule has 5 rings (SSSR count). The van der Waals surface area contributed by atoms with Crippen molar-refractivity contribution in [2.45, 2.75) is 103 Å². The average Bonchev–Trinajstić information content (AvgIpc) is 3.34. The van der Waals surface area contributed by atoms with Gasteiger partial charge in [0.05, 0.1) is 5.92 Å². The Morgan fingerprint density at radius 3 is 2.33 bits per heavy atom. The Morgan fingerprint density at radius 1 is 0.837 bits per heavy atom. The summed E-state index contributed by atoms with van der Waals surface area (Å²) in [5.74, 6) is -0.714. The summed E-state index contributed by atoms with van der Waals surface area (Å²) < 4.78 is 0. The van der Waals surface area contributed by atoms with Crippen molar-refractivity contribution < 1.29 is 14.4 Å². The highest BCUT2D eigenvalue weighted by Crippen LogP contribution is 2.30. The number of fused-ring (bicyclic) bond motifs is 3. The second kappa shape index (κ2) is 14.4. The van der Waals surface area contributed by atoms with Crippen molar-refractivity contribution in [1.82, 2.24) is 20.9 Å². The van der Waals surface area contributed by atoms with Crippen molar-refractivity contribution in [2.75, 3.05) is 0 Å². The van der Waals surface area contributed by atoms with E-state index >= 15 is 0 Å². The molecule has 43 heavy (non-hydrogen) atoms. The maximum absolute atomic E-state index is 14.0. The first kappa shape index (κ1) is 31.1. The lowest BCUT2D eigenvalue weighted by atomic mass is 9.82. The van der Waals surface area contributed by atoms with E-state index in [0.29, 0.717) is 24.4 Å². The lowest BCUT2D eigenvalue weighted by molar-refractivity contribution is -0.134. The SMILES string of the molecule is CC(C)C[C@@H]1NC(=O)[C@@H](C2CCCCC2)NC(=O)[C@H](c2ccccc2)CCCCc2[nH]c3ccc(Cl)cc3c2CNC1=O. The fourth-order valence-corrected chi connectivity index (χ4v) is 7.03. The van der Waals surface area contributed by atoms with Crippen LogP contribution in [-0.4, -0.2) is 34.8 Å². The minimum absolute atomic E-state index is 0.0503. The Bertz CT molecular complexity index is 1410. The Balaban J connectivity index is 1.50. The molecule has 4 N–H and O–H groups in total. The monoisotopic (exact) mass is 604 g/mol. The van der Waals surface area contributed by atoms with Crippen molar-refractivity contribution >= 4 is 40.2 Å². The number of hydrogen-bond acceptors (Lipinski definition) is 3. The number of benzene rings is 2. The lowest BCUT2D eigenvalue weighted by Gasteiger charge is -2.32. The number of H-pyrrole nitrogens is 1.